The first-order valence-corrected chi connectivity index (χ1v) is 14.6. The Labute approximate surface area is 254 Å². The van der Waals surface area contributed by atoms with E-state index >= 15 is 0 Å². The molecule has 44 heavy (non-hydrogen) atoms. The molecule has 5 aromatic carbocycles. The van der Waals surface area contributed by atoms with Crippen LogP contribution >= 0.6 is 0 Å². The molecule has 0 aliphatic carbocycles. The van der Waals surface area contributed by atoms with Gasteiger partial charge in [-0.15, -0.1) is 0 Å². The molecule has 0 aliphatic rings. The van der Waals surface area contributed by atoms with E-state index in [1.807, 2.05) is 54.7 Å². The highest BCUT2D eigenvalue weighted by Crippen LogP contribution is 2.43. The lowest BCUT2D eigenvalue weighted by atomic mass is 10.00. The van der Waals surface area contributed by atoms with Gasteiger partial charge >= 0.3 is 0 Å². The van der Waals surface area contributed by atoms with Crippen LogP contribution in [0.2, 0.25) is 0 Å². The third-order valence-corrected chi connectivity index (χ3v) is 8.24. The van der Waals surface area contributed by atoms with E-state index in [2.05, 4.69) is 96.1 Å². The SMILES string of the molecule is Cc1ccccc1-c1oc2ccc(-c3ccc(-c4ccc5ccc6cccnc6c5n4)cc3)cc2c1Nc1ccccc1N. The second-order valence-electron chi connectivity index (χ2n) is 11.0. The summed E-state index contributed by atoms with van der Waals surface area (Å²) in [5, 5.41) is 6.75. The van der Waals surface area contributed by atoms with E-state index in [1.54, 1.807) is 0 Å². The smallest absolute Gasteiger partial charge is 0.159 e. The monoisotopic (exact) mass is 568 g/mol. The van der Waals surface area contributed by atoms with E-state index in [0.29, 0.717) is 5.69 Å². The van der Waals surface area contributed by atoms with E-state index in [9.17, 15) is 0 Å². The Kier molecular flexibility index (Phi) is 6.09. The molecular weight excluding hydrogens is 540 g/mol. The Morgan fingerprint density at radius 1 is 0.659 bits per heavy atom. The van der Waals surface area contributed by atoms with E-state index in [4.69, 9.17) is 15.1 Å². The molecule has 3 heterocycles. The number of aromatic nitrogens is 2. The molecule has 0 amide bonds. The molecule has 0 radical (unpaired) electrons. The van der Waals surface area contributed by atoms with E-state index in [-0.39, 0.29) is 0 Å². The van der Waals surface area contributed by atoms with Gasteiger partial charge in [-0.2, -0.15) is 0 Å². The molecule has 210 valence electrons. The minimum Gasteiger partial charge on any atom is -0.454 e. The molecule has 0 aliphatic heterocycles. The second-order valence-corrected chi connectivity index (χ2v) is 11.0. The maximum absolute atomic E-state index is 6.49. The molecule has 3 N–H and O–H groups in total. The number of pyridine rings is 2. The van der Waals surface area contributed by atoms with Gasteiger partial charge in [0.05, 0.1) is 33.8 Å². The lowest BCUT2D eigenvalue weighted by molar-refractivity contribution is 0.632. The normalized spacial score (nSPS) is 11.4. The van der Waals surface area contributed by atoms with Gasteiger partial charge < -0.3 is 15.5 Å². The minimum atomic E-state index is 0.676. The maximum atomic E-state index is 6.49. The number of nitrogens with one attached hydrogen (secondary N) is 1. The van der Waals surface area contributed by atoms with Gasteiger partial charge in [-0.3, -0.25) is 4.98 Å². The number of benzene rings is 5. The lowest BCUT2D eigenvalue weighted by Gasteiger charge is -2.11. The molecule has 0 saturated carbocycles. The zero-order chi connectivity index (χ0) is 29.6. The summed E-state index contributed by atoms with van der Waals surface area (Å²) in [7, 11) is 0. The predicted molar refractivity (Wildman–Crippen MR) is 182 cm³/mol. The zero-order valence-corrected chi connectivity index (χ0v) is 24.1. The Morgan fingerprint density at radius 3 is 2.23 bits per heavy atom. The Morgan fingerprint density at radius 2 is 1.39 bits per heavy atom. The van der Waals surface area contributed by atoms with Crippen LogP contribution in [0.15, 0.2) is 138 Å². The van der Waals surface area contributed by atoms with Gasteiger partial charge in [-0.25, -0.2) is 4.98 Å². The number of aryl methyl sites for hydroxylation is 1. The number of fused-ring (bicyclic) bond motifs is 4. The predicted octanol–water partition coefficient (Wildman–Crippen LogP) is 10.2. The van der Waals surface area contributed by atoms with Crippen LogP contribution in [-0.4, -0.2) is 9.97 Å². The van der Waals surface area contributed by atoms with Crippen LogP contribution in [0.4, 0.5) is 17.1 Å². The lowest BCUT2D eigenvalue weighted by Crippen LogP contribution is -1.97. The number of nitrogens with two attached hydrogens (primary N) is 1. The van der Waals surface area contributed by atoms with Crippen LogP contribution in [-0.2, 0) is 0 Å². The Balaban J connectivity index is 1.20. The third kappa shape index (κ3) is 4.43. The zero-order valence-electron chi connectivity index (χ0n) is 24.1. The molecule has 8 rings (SSSR count). The summed E-state index contributed by atoms with van der Waals surface area (Å²) in [4.78, 5) is 9.63. The molecule has 0 unspecified atom stereocenters. The minimum absolute atomic E-state index is 0.676. The van der Waals surface area contributed by atoms with Crippen molar-refractivity contribution in [1.29, 1.82) is 0 Å². The van der Waals surface area contributed by atoms with Crippen molar-refractivity contribution >= 4 is 49.8 Å². The van der Waals surface area contributed by atoms with Crippen LogP contribution in [0.3, 0.4) is 0 Å². The van der Waals surface area contributed by atoms with Gasteiger partial charge in [0.2, 0.25) is 0 Å². The van der Waals surface area contributed by atoms with Crippen molar-refractivity contribution in [2.24, 2.45) is 0 Å². The van der Waals surface area contributed by atoms with Crippen molar-refractivity contribution in [3.63, 3.8) is 0 Å². The number of nitrogen functional groups attached to an aromatic ring is 1. The fourth-order valence-corrected chi connectivity index (χ4v) is 5.88. The van der Waals surface area contributed by atoms with Gasteiger partial charge in [0.1, 0.15) is 5.58 Å². The number of furan rings is 1. The summed E-state index contributed by atoms with van der Waals surface area (Å²) >= 11 is 0. The molecule has 0 saturated heterocycles. The van der Waals surface area contributed by atoms with Crippen molar-refractivity contribution in [3.05, 3.63) is 139 Å². The maximum Gasteiger partial charge on any atom is 0.159 e. The first-order valence-electron chi connectivity index (χ1n) is 14.6. The van der Waals surface area contributed by atoms with E-state index in [0.717, 1.165) is 83.4 Å². The first kappa shape index (κ1) is 25.7. The highest BCUT2D eigenvalue weighted by Gasteiger charge is 2.19. The average molecular weight is 569 g/mol. The van der Waals surface area contributed by atoms with Crippen molar-refractivity contribution in [2.75, 3.05) is 11.1 Å². The highest BCUT2D eigenvalue weighted by molar-refractivity contribution is 6.04. The molecule has 0 fully saturated rings. The van der Waals surface area contributed by atoms with Crippen molar-refractivity contribution in [1.82, 2.24) is 9.97 Å². The highest BCUT2D eigenvalue weighted by atomic mass is 16.3. The van der Waals surface area contributed by atoms with Crippen molar-refractivity contribution < 1.29 is 4.42 Å². The second kappa shape index (κ2) is 10.4. The summed E-state index contributed by atoms with van der Waals surface area (Å²) in [5.41, 5.74) is 17.7. The summed E-state index contributed by atoms with van der Waals surface area (Å²) in [6.45, 7) is 2.10. The molecule has 5 nitrogen and oxygen atoms in total. The van der Waals surface area contributed by atoms with Gasteiger partial charge in [0.25, 0.3) is 0 Å². The number of rotatable bonds is 5. The Bertz CT molecular complexity index is 2340. The summed E-state index contributed by atoms with van der Waals surface area (Å²) < 4.78 is 6.49. The molecule has 0 spiro atoms. The largest absolute Gasteiger partial charge is 0.454 e. The Hall–Kier alpha value is -5.94. The quantitative estimate of drug-likeness (QED) is 0.160. The summed E-state index contributed by atoms with van der Waals surface area (Å²) in [6.07, 6.45) is 1.82. The summed E-state index contributed by atoms with van der Waals surface area (Å²) in [6, 6.07) is 43.4. The van der Waals surface area contributed by atoms with Crippen LogP contribution < -0.4 is 11.1 Å². The van der Waals surface area contributed by atoms with Crippen LogP contribution in [0.25, 0.3) is 66.5 Å². The van der Waals surface area contributed by atoms with Gasteiger partial charge in [-0.05, 0) is 60.0 Å². The molecule has 0 atom stereocenters. The van der Waals surface area contributed by atoms with Crippen LogP contribution in [0, 0.1) is 6.92 Å². The topological polar surface area (TPSA) is 77.0 Å². The number of hydrogen-bond donors (Lipinski definition) is 2. The summed E-state index contributed by atoms with van der Waals surface area (Å²) in [5.74, 6) is 0.790. The van der Waals surface area contributed by atoms with Crippen molar-refractivity contribution in [3.8, 4) is 33.7 Å². The van der Waals surface area contributed by atoms with Crippen LogP contribution in [0.5, 0.6) is 0 Å². The molecule has 0 bridgehead atoms. The van der Waals surface area contributed by atoms with E-state index in [1.165, 1.54) is 0 Å². The average Bonchev–Trinajstić information content (AvgIpc) is 3.43. The fourth-order valence-electron chi connectivity index (χ4n) is 5.88. The molecule has 3 aromatic heterocycles. The number of nitrogens with zero attached hydrogens (tertiary/aromatic N) is 2. The van der Waals surface area contributed by atoms with Crippen molar-refractivity contribution in [2.45, 2.75) is 6.92 Å². The number of para-hydroxylation sites is 2. The van der Waals surface area contributed by atoms with Gasteiger partial charge in [0.15, 0.2) is 5.76 Å². The third-order valence-electron chi connectivity index (χ3n) is 8.24. The van der Waals surface area contributed by atoms with Crippen LogP contribution in [0.1, 0.15) is 5.56 Å². The molecule has 5 heteroatoms. The van der Waals surface area contributed by atoms with Gasteiger partial charge in [0, 0.05) is 33.5 Å². The fraction of sp³-hybridized carbons (Fsp3) is 0.0256. The standard InChI is InChI=1S/C39H28N4O/c1-24-7-2-3-9-30(24)39-38(43-34-11-5-4-10-32(34)40)31-23-29(19-21-35(31)44-39)25-12-14-26(15-13-25)33-20-18-28-17-16-27-8-6-22-41-36(27)37(28)42-33/h2-23,43H,40H2,1H3. The number of anilines is 3. The molecule has 8 aromatic rings. The first-order chi connectivity index (χ1) is 21.6. The van der Waals surface area contributed by atoms with Gasteiger partial charge in [-0.1, -0.05) is 91.0 Å². The number of hydrogen-bond acceptors (Lipinski definition) is 5. The molecular formula is C39H28N4O. The van der Waals surface area contributed by atoms with E-state index < -0.39 is 0 Å².